The van der Waals surface area contributed by atoms with Crippen LogP contribution in [0.1, 0.15) is 11.1 Å². The van der Waals surface area contributed by atoms with Gasteiger partial charge >= 0.3 is 0 Å². The van der Waals surface area contributed by atoms with Gasteiger partial charge in [0.15, 0.2) is 0 Å². The Balaban J connectivity index is 1.60. The van der Waals surface area contributed by atoms with E-state index in [1.54, 1.807) is 0 Å². The standard InChI is InChI=1S/C24H20N2/c1-15-19-7-3-5-9-21(19)25-23(15)17-11-13-18(14-12-17)24-16(2)20-8-4-6-10-22(20)26-24/h3-14,25-26H,1-2H3. The highest BCUT2D eigenvalue weighted by Gasteiger charge is 2.11. The first kappa shape index (κ1) is 15.0. The second-order valence-electron chi connectivity index (χ2n) is 6.92. The van der Waals surface area contributed by atoms with Crippen LogP contribution in [0.4, 0.5) is 0 Å². The molecule has 0 atom stereocenters. The Kier molecular flexibility index (Phi) is 3.26. The number of aromatic nitrogens is 2. The average molecular weight is 336 g/mol. The zero-order valence-electron chi connectivity index (χ0n) is 14.9. The number of aryl methyl sites for hydroxylation is 2. The van der Waals surface area contributed by atoms with Crippen molar-refractivity contribution in [3.8, 4) is 22.5 Å². The summed E-state index contributed by atoms with van der Waals surface area (Å²) in [5.41, 5.74) is 9.82. The molecule has 26 heavy (non-hydrogen) atoms. The minimum Gasteiger partial charge on any atom is -0.354 e. The SMILES string of the molecule is Cc1c(-c2ccc(-c3[nH]c4ccccc4c3C)cc2)[nH]c2ccccc12. The number of aromatic amines is 2. The molecule has 0 saturated carbocycles. The molecule has 2 heterocycles. The van der Waals surface area contributed by atoms with E-state index >= 15 is 0 Å². The molecule has 0 saturated heterocycles. The lowest BCUT2D eigenvalue weighted by Gasteiger charge is -2.04. The predicted octanol–water partition coefficient (Wildman–Crippen LogP) is 6.60. The van der Waals surface area contributed by atoms with Crippen molar-refractivity contribution in [2.45, 2.75) is 13.8 Å². The summed E-state index contributed by atoms with van der Waals surface area (Å²) in [6.07, 6.45) is 0. The summed E-state index contributed by atoms with van der Waals surface area (Å²) in [7, 11) is 0. The van der Waals surface area contributed by atoms with Crippen LogP contribution in [0.15, 0.2) is 72.8 Å². The van der Waals surface area contributed by atoms with Crippen molar-refractivity contribution >= 4 is 21.8 Å². The molecule has 0 bridgehead atoms. The Bertz CT molecular complexity index is 1140. The number of para-hydroxylation sites is 2. The third-order valence-corrected chi connectivity index (χ3v) is 5.39. The molecule has 0 aliphatic carbocycles. The Labute approximate surface area is 152 Å². The smallest absolute Gasteiger partial charge is 0.0494 e. The van der Waals surface area contributed by atoms with Crippen molar-refractivity contribution < 1.29 is 0 Å². The molecule has 2 heteroatoms. The lowest BCUT2D eigenvalue weighted by atomic mass is 10.0. The highest BCUT2D eigenvalue weighted by atomic mass is 14.7. The van der Waals surface area contributed by atoms with Crippen molar-refractivity contribution in [1.29, 1.82) is 0 Å². The summed E-state index contributed by atoms with van der Waals surface area (Å²) in [5.74, 6) is 0. The van der Waals surface area contributed by atoms with Crippen molar-refractivity contribution in [2.75, 3.05) is 0 Å². The largest absolute Gasteiger partial charge is 0.354 e. The summed E-state index contributed by atoms with van der Waals surface area (Å²) < 4.78 is 0. The number of H-pyrrole nitrogens is 2. The Morgan fingerprint density at radius 3 is 1.27 bits per heavy atom. The lowest BCUT2D eigenvalue weighted by molar-refractivity contribution is 1.39. The number of benzene rings is 3. The zero-order valence-corrected chi connectivity index (χ0v) is 14.9. The van der Waals surface area contributed by atoms with Crippen molar-refractivity contribution in [1.82, 2.24) is 9.97 Å². The second kappa shape index (κ2) is 5.63. The summed E-state index contributed by atoms with van der Waals surface area (Å²) in [4.78, 5) is 7.13. The van der Waals surface area contributed by atoms with E-state index < -0.39 is 0 Å². The van der Waals surface area contributed by atoms with E-state index in [4.69, 9.17) is 0 Å². The lowest BCUT2D eigenvalue weighted by Crippen LogP contribution is -1.84. The third-order valence-electron chi connectivity index (χ3n) is 5.39. The molecule has 3 aromatic carbocycles. The van der Waals surface area contributed by atoms with E-state index in [0.29, 0.717) is 0 Å². The van der Waals surface area contributed by atoms with Crippen molar-refractivity contribution in [2.24, 2.45) is 0 Å². The molecule has 0 aliphatic heterocycles. The minimum absolute atomic E-state index is 1.19. The molecule has 0 radical (unpaired) electrons. The van der Waals surface area contributed by atoms with Crippen LogP contribution in [0.5, 0.6) is 0 Å². The first-order chi connectivity index (χ1) is 12.7. The summed E-state index contributed by atoms with van der Waals surface area (Å²) in [6, 6.07) is 25.8. The highest BCUT2D eigenvalue weighted by molar-refractivity contribution is 5.92. The van der Waals surface area contributed by atoms with Crippen LogP contribution in [0, 0.1) is 13.8 Å². The maximum Gasteiger partial charge on any atom is 0.0494 e. The van der Waals surface area contributed by atoms with E-state index in [2.05, 4.69) is 96.6 Å². The van der Waals surface area contributed by atoms with Crippen LogP contribution in [0.2, 0.25) is 0 Å². The van der Waals surface area contributed by atoms with Crippen LogP contribution >= 0.6 is 0 Å². The van der Waals surface area contributed by atoms with Gasteiger partial charge in [0.2, 0.25) is 0 Å². The van der Waals surface area contributed by atoms with Crippen molar-refractivity contribution in [3.63, 3.8) is 0 Å². The van der Waals surface area contributed by atoms with Crippen LogP contribution in [-0.2, 0) is 0 Å². The quantitative estimate of drug-likeness (QED) is 0.364. The Morgan fingerprint density at radius 2 is 0.885 bits per heavy atom. The minimum atomic E-state index is 1.19. The third kappa shape index (κ3) is 2.19. The van der Waals surface area contributed by atoms with Gasteiger partial charge in [0, 0.05) is 33.2 Å². The highest BCUT2D eigenvalue weighted by Crippen LogP contribution is 2.33. The number of nitrogens with one attached hydrogen (secondary N) is 2. The van der Waals surface area contributed by atoms with Gasteiger partial charge in [-0.3, -0.25) is 0 Å². The fraction of sp³-hybridized carbons (Fsp3) is 0.0833. The van der Waals surface area contributed by atoms with Gasteiger partial charge in [0.25, 0.3) is 0 Å². The maximum absolute atomic E-state index is 3.56. The first-order valence-electron chi connectivity index (χ1n) is 8.98. The van der Waals surface area contributed by atoms with Gasteiger partial charge < -0.3 is 9.97 Å². The molecule has 0 amide bonds. The molecule has 5 aromatic rings. The summed E-state index contributed by atoms with van der Waals surface area (Å²) >= 11 is 0. The van der Waals surface area contributed by atoms with Gasteiger partial charge in [-0.1, -0.05) is 60.7 Å². The zero-order chi connectivity index (χ0) is 17.7. The molecule has 2 aromatic heterocycles. The first-order valence-corrected chi connectivity index (χ1v) is 8.98. The number of hydrogen-bond donors (Lipinski definition) is 2. The molecular weight excluding hydrogens is 316 g/mol. The predicted molar refractivity (Wildman–Crippen MR) is 111 cm³/mol. The molecule has 2 nitrogen and oxygen atoms in total. The van der Waals surface area contributed by atoms with Crippen LogP contribution in [0.25, 0.3) is 44.3 Å². The summed E-state index contributed by atoms with van der Waals surface area (Å²) in [5, 5.41) is 2.58. The number of rotatable bonds is 2. The number of fused-ring (bicyclic) bond motifs is 2. The molecule has 126 valence electrons. The van der Waals surface area contributed by atoms with Gasteiger partial charge in [-0.2, -0.15) is 0 Å². The molecule has 0 fully saturated rings. The number of hydrogen-bond acceptors (Lipinski definition) is 0. The second-order valence-corrected chi connectivity index (χ2v) is 6.92. The van der Waals surface area contributed by atoms with Gasteiger partial charge in [-0.15, -0.1) is 0 Å². The average Bonchev–Trinajstić information content (AvgIpc) is 3.20. The van der Waals surface area contributed by atoms with E-state index in [0.717, 1.165) is 0 Å². The van der Waals surface area contributed by atoms with Crippen LogP contribution in [0.3, 0.4) is 0 Å². The van der Waals surface area contributed by atoms with E-state index in [9.17, 15) is 0 Å². The molecule has 0 unspecified atom stereocenters. The Hall–Kier alpha value is -3.26. The van der Waals surface area contributed by atoms with Crippen LogP contribution in [-0.4, -0.2) is 9.97 Å². The molecule has 0 aliphatic rings. The summed E-state index contributed by atoms with van der Waals surface area (Å²) in [6.45, 7) is 4.37. The van der Waals surface area contributed by atoms with Gasteiger partial charge in [-0.05, 0) is 48.2 Å². The fourth-order valence-corrected chi connectivity index (χ4v) is 3.95. The molecule has 0 spiro atoms. The van der Waals surface area contributed by atoms with E-state index in [1.165, 1.54) is 55.4 Å². The maximum atomic E-state index is 3.56. The normalized spacial score (nSPS) is 11.5. The van der Waals surface area contributed by atoms with Crippen LogP contribution < -0.4 is 0 Å². The Morgan fingerprint density at radius 1 is 0.500 bits per heavy atom. The fourth-order valence-electron chi connectivity index (χ4n) is 3.95. The van der Waals surface area contributed by atoms with Gasteiger partial charge in [-0.25, -0.2) is 0 Å². The topological polar surface area (TPSA) is 31.6 Å². The molecule has 2 N–H and O–H groups in total. The monoisotopic (exact) mass is 336 g/mol. The van der Waals surface area contributed by atoms with Crippen molar-refractivity contribution in [3.05, 3.63) is 83.9 Å². The van der Waals surface area contributed by atoms with Gasteiger partial charge in [0.1, 0.15) is 0 Å². The van der Waals surface area contributed by atoms with E-state index in [-0.39, 0.29) is 0 Å². The van der Waals surface area contributed by atoms with Gasteiger partial charge in [0.05, 0.1) is 0 Å². The molecule has 5 rings (SSSR count). The molecular formula is C24H20N2. The van der Waals surface area contributed by atoms with E-state index in [1.807, 2.05) is 0 Å².